The lowest BCUT2D eigenvalue weighted by Gasteiger charge is -2.50. The summed E-state index contributed by atoms with van der Waals surface area (Å²) in [5, 5.41) is 0. The maximum absolute atomic E-state index is 5.73. The minimum atomic E-state index is -0.108. The molecule has 2 aliphatic heterocycles. The second kappa shape index (κ2) is 4.63. The molecule has 2 heterocycles. The van der Waals surface area contributed by atoms with Crippen molar-refractivity contribution >= 4 is 0 Å². The molecular formula is C15H26N2. The van der Waals surface area contributed by atoms with Crippen molar-refractivity contribution in [3.63, 3.8) is 0 Å². The van der Waals surface area contributed by atoms with Gasteiger partial charge in [0.1, 0.15) is 0 Å². The third kappa shape index (κ3) is 2.37. The van der Waals surface area contributed by atoms with Crippen molar-refractivity contribution in [1.82, 2.24) is 9.80 Å². The number of terminal acetylenes is 1. The highest BCUT2D eigenvalue weighted by atomic mass is 15.3. The lowest BCUT2D eigenvalue weighted by atomic mass is 9.91. The minimum absolute atomic E-state index is 0.108. The van der Waals surface area contributed by atoms with Crippen molar-refractivity contribution < 1.29 is 0 Å². The lowest BCUT2D eigenvalue weighted by Crippen LogP contribution is -2.63. The summed E-state index contributed by atoms with van der Waals surface area (Å²) < 4.78 is 0. The first kappa shape index (κ1) is 12.9. The van der Waals surface area contributed by atoms with E-state index in [1.165, 1.54) is 25.9 Å². The quantitative estimate of drug-likeness (QED) is 0.676. The number of hydrogen-bond acceptors (Lipinski definition) is 2. The number of hydrogen-bond donors (Lipinski definition) is 0. The zero-order chi connectivity index (χ0) is 12.6. The first-order chi connectivity index (χ1) is 7.95. The Labute approximate surface area is 106 Å². The number of piperazine rings is 1. The van der Waals surface area contributed by atoms with Crippen LogP contribution in [0.2, 0.25) is 0 Å². The molecule has 0 N–H and O–H groups in total. The molecule has 0 aromatic heterocycles. The molecule has 2 saturated heterocycles. The second-order valence-corrected chi connectivity index (χ2v) is 6.46. The summed E-state index contributed by atoms with van der Waals surface area (Å²) in [7, 11) is 0. The van der Waals surface area contributed by atoms with Gasteiger partial charge in [-0.1, -0.05) is 19.8 Å². The molecule has 0 aromatic rings. The average Bonchev–Trinajstić information content (AvgIpc) is 2.74. The van der Waals surface area contributed by atoms with Crippen LogP contribution < -0.4 is 0 Å². The standard InChI is InChI=1S/C15H26N2/c1-6-15(4,5)17-10-13-8-7-9-16(13)11-14(17)12(2)3/h1,12-14H,7-11H2,2-5H3. The monoisotopic (exact) mass is 234 g/mol. The molecule has 0 saturated carbocycles. The van der Waals surface area contributed by atoms with Crippen LogP contribution in [0.5, 0.6) is 0 Å². The minimum Gasteiger partial charge on any atom is -0.298 e. The van der Waals surface area contributed by atoms with E-state index in [-0.39, 0.29) is 5.54 Å². The fraction of sp³-hybridized carbons (Fsp3) is 0.867. The van der Waals surface area contributed by atoms with Crippen LogP contribution in [0.1, 0.15) is 40.5 Å². The molecular weight excluding hydrogens is 208 g/mol. The maximum atomic E-state index is 5.73. The predicted octanol–water partition coefficient (Wildman–Crippen LogP) is 2.20. The fourth-order valence-corrected chi connectivity index (χ4v) is 3.34. The summed E-state index contributed by atoms with van der Waals surface area (Å²) in [4.78, 5) is 5.25. The van der Waals surface area contributed by atoms with E-state index >= 15 is 0 Å². The normalized spacial score (nSPS) is 31.5. The Balaban J connectivity index is 2.19. The Kier molecular flexibility index (Phi) is 3.52. The van der Waals surface area contributed by atoms with Gasteiger partial charge in [0.25, 0.3) is 0 Å². The summed E-state index contributed by atoms with van der Waals surface area (Å²) in [6.07, 6.45) is 8.44. The van der Waals surface area contributed by atoms with E-state index in [0.29, 0.717) is 12.0 Å². The Hall–Kier alpha value is -0.520. The van der Waals surface area contributed by atoms with Gasteiger partial charge in [-0.2, -0.15) is 0 Å². The third-order valence-corrected chi connectivity index (χ3v) is 4.57. The smallest absolute Gasteiger partial charge is 0.0769 e. The SMILES string of the molecule is C#CC(C)(C)N1CC2CCCN2CC1C(C)C. The van der Waals surface area contributed by atoms with Crippen LogP contribution >= 0.6 is 0 Å². The zero-order valence-corrected chi connectivity index (χ0v) is 11.7. The van der Waals surface area contributed by atoms with Crippen LogP contribution in [-0.4, -0.2) is 47.1 Å². The molecule has 0 bridgehead atoms. The summed E-state index contributed by atoms with van der Waals surface area (Å²) in [5.41, 5.74) is -0.108. The van der Waals surface area contributed by atoms with Gasteiger partial charge in [0.05, 0.1) is 5.54 Å². The molecule has 96 valence electrons. The molecule has 2 unspecified atom stereocenters. The molecule has 0 amide bonds. The Morgan fingerprint density at radius 1 is 1.29 bits per heavy atom. The lowest BCUT2D eigenvalue weighted by molar-refractivity contribution is -0.0120. The van der Waals surface area contributed by atoms with Crippen molar-refractivity contribution in [2.75, 3.05) is 19.6 Å². The van der Waals surface area contributed by atoms with Gasteiger partial charge in [0.2, 0.25) is 0 Å². The van der Waals surface area contributed by atoms with Gasteiger partial charge in [-0.15, -0.1) is 6.42 Å². The molecule has 0 aliphatic carbocycles. The first-order valence-electron chi connectivity index (χ1n) is 6.94. The largest absolute Gasteiger partial charge is 0.298 e. The number of nitrogens with zero attached hydrogens (tertiary/aromatic N) is 2. The molecule has 2 rings (SSSR count). The van der Waals surface area contributed by atoms with Crippen LogP contribution in [0.4, 0.5) is 0 Å². The summed E-state index contributed by atoms with van der Waals surface area (Å²) >= 11 is 0. The van der Waals surface area contributed by atoms with Gasteiger partial charge < -0.3 is 0 Å². The summed E-state index contributed by atoms with van der Waals surface area (Å²) in [6.45, 7) is 12.7. The van der Waals surface area contributed by atoms with Crippen molar-refractivity contribution in [3.8, 4) is 12.3 Å². The van der Waals surface area contributed by atoms with E-state index in [9.17, 15) is 0 Å². The molecule has 2 fully saturated rings. The van der Waals surface area contributed by atoms with E-state index in [1.54, 1.807) is 0 Å². The molecule has 0 aromatic carbocycles. The van der Waals surface area contributed by atoms with E-state index in [2.05, 4.69) is 43.4 Å². The van der Waals surface area contributed by atoms with Crippen LogP contribution in [0.25, 0.3) is 0 Å². The highest BCUT2D eigenvalue weighted by Gasteiger charge is 2.42. The molecule has 2 aliphatic rings. The van der Waals surface area contributed by atoms with Crippen LogP contribution in [0, 0.1) is 18.3 Å². The van der Waals surface area contributed by atoms with E-state index in [0.717, 1.165) is 12.6 Å². The molecule has 2 nitrogen and oxygen atoms in total. The number of rotatable bonds is 2. The Morgan fingerprint density at radius 3 is 2.59 bits per heavy atom. The van der Waals surface area contributed by atoms with E-state index in [4.69, 9.17) is 6.42 Å². The van der Waals surface area contributed by atoms with Gasteiger partial charge in [0.15, 0.2) is 0 Å². The first-order valence-corrected chi connectivity index (χ1v) is 6.94. The average molecular weight is 234 g/mol. The summed E-state index contributed by atoms with van der Waals surface area (Å²) in [6, 6.07) is 1.35. The van der Waals surface area contributed by atoms with Crippen LogP contribution in [-0.2, 0) is 0 Å². The van der Waals surface area contributed by atoms with Crippen molar-refractivity contribution in [3.05, 3.63) is 0 Å². The molecule has 17 heavy (non-hydrogen) atoms. The Morgan fingerprint density at radius 2 is 2.00 bits per heavy atom. The number of fused-ring (bicyclic) bond motifs is 1. The molecule has 0 radical (unpaired) electrons. The maximum Gasteiger partial charge on any atom is 0.0769 e. The molecule has 0 spiro atoms. The van der Waals surface area contributed by atoms with Gasteiger partial charge in [0, 0.05) is 25.2 Å². The van der Waals surface area contributed by atoms with Crippen molar-refractivity contribution in [2.45, 2.75) is 58.2 Å². The molecule has 2 heteroatoms. The zero-order valence-electron chi connectivity index (χ0n) is 11.7. The van der Waals surface area contributed by atoms with E-state index < -0.39 is 0 Å². The van der Waals surface area contributed by atoms with Crippen LogP contribution in [0.15, 0.2) is 0 Å². The second-order valence-electron chi connectivity index (χ2n) is 6.46. The van der Waals surface area contributed by atoms with Crippen LogP contribution in [0.3, 0.4) is 0 Å². The Bertz CT molecular complexity index is 313. The predicted molar refractivity (Wildman–Crippen MR) is 72.8 cm³/mol. The fourth-order valence-electron chi connectivity index (χ4n) is 3.34. The van der Waals surface area contributed by atoms with Crippen molar-refractivity contribution in [1.29, 1.82) is 0 Å². The van der Waals surface area contributed by atoms with Gasteiger partial charge in [-0.3, -0.25) is 9.80 Å². The highest BCUT2D eigenvalue weighted by Crippen LogP contribution is 2.32. The van der Waals surface area contributed by atoms with Gasteiger partial charge in [-0.05, 0) is 39.2 Å². The molecule has 2 atom stereocenters. The van der Waals surface area contributed by atoms with Gasteiger partial charge >= 0.3 is 0 Å². The van der Waals surface area contributed by atoms with E-state index in [1.807, 2.05) is 0 Å². The summed E-state index contributed by atoms with van der Waals surface area (Å²) in [5.74, 6) is 3.65. The van der Waals surface area contributed by atoms with Gasteiger partial charge in [-0.25, -0.2) is 0 Å². The third-order valence-electron chi connectivity index (χ3n) is 4.57. The van der Waals surface area contributed by atoms with Crippen molar-refractivity contribution in [2.24, 2.45) is 5.92 Å². The highest BCUT2D eigenvalue weighted by molar-refractivity contribution is 5.12. The topological polar surface area (TPSA) is 6.48 Å².